The lowest BCUT2D eigenvalue weighted by Crippen LogP contribution is -2.61. The molecule has 1 aromatic carbocycles. The van der Waals surface area contributed by atoms with Crippen molar-refractivity contribution in [1.82, 2.24) is 19.9 Å². The lowest BCUT2D eigenvalue weighted by molar-refractivity contribution is -0.384. The number of benzene rings is 1. The van der Waals surface area contributed by atoms with Crippen molar-refractivity contribution in [2.75, 3.05) is 27.3 Å². The first-order valence-electron chi connectivity index (χ1n) is 23.1. The maximum atomic E-state index is 14.4. The van der Waals surface area contributed by atoms with Gasteiger partial charge in [0.1, 0.15) is 29.7 Å². The number of ether oxygens (including phenoxy) is 7. The summed E-state index contributed by atoms with van der Waals surface area (Å²) in [5.41, 5.74) is -3.07. The zero-order chi connectivity index (χ0) is 48.6. The Morgan fingerprint density at radius 1 is 0.985 bits per heavy atom. The Morgan fingerprint density at radius 2 is 1.67 bits per heavy atom. The maximum Gasteiger partial charge on any atom is 0.311 e. The number of aliphatic hydroxyl groups excluding tert-OH is 3. The molecule has 4 saturated heterocycles. The standard InChI is InChI=1S/C46H71N5O15/c1-12-34-46(9,57)39(54)25(3)36(52)29-20-45(8,61-23-29)41(26(4)38(27(5)42(56)64-34)65-35-21-44(7,60-11)40(55)28(6)63-35)66-43-37(53)33(19-24(2)62-43)49(10)18-17-30-22-50(48-47-30)31-13-15-32(16-14-31)51(58)59/h13-16,22,24-29,33-35,37-41,43,53-55,57H,12,17-21,23H2,1-11H3/t24-,25+,26+,27-,28+,29+,33+,34-,35+,37-,38+,39-,40+,41-,43+,44-,45-,46-/m1/s1. The van der Waals surface area contributed by atoms with E-state index in [9.17, 15) is 40.1 Å². The van der Waals surface area contributed by atoms with Crippen LogP contribution in [-0.2, 0) is 49.2 Å². The molecule has 4 aliphatic heterocycles. The summed E-state index contributed by atoms with van der Waals surface area (Å²) in [6.07, 6.45) is -7.32. The zero-order valence-corrected chi connectivity index (χ0v) is 40.0. The Bertz CT molecular complexity index is 1990. The number of nitro benzene ring substituents is 1. The number of likely N-dealkylation sites (N-methyl/N-ethyl adjacent to an activating group) is 1. The van der Waals surface area contributed by atoms with E-state index >= 15 is 0 Å². The molecule has 20 nitrogen and oxygen atoms in total. The SMILES string of the molecule is CC[C@H]1OC(=O)[C@H](C)[C@@H](O[C@H]2C[C@@](C)(OC)[C@@H](O)[C@H](C)O2)[C@H](C)[C@@H](O[C@@H]2O[C@H](C)C[C@H](N(C)CCc3cn(-c4ccc([N+](=O)[O-])cc4)nn3)[C@H]2O)[C@@]2(C)C[C@@H](CO2)C(=O)[C@H](C)[C@@H](O)[C@]1(C)O. The van der Waals surface area contributed by atoms with Crippen LogP contribution in [0.4, 0.5) is 5.69 Å². The first kappa shape index (κ1) is 51.8. The summed E-state index contributed by atoms with van der Waals surface area (Å²) in [5, 5.41) is 66.1. The van der Waals surface area contributed by atoms with Gasteiger partial charge in [-0.25, -0.2) is 4.68 Å². The van der Waals surface area contributed by atoms with Crippen LogP contribution in [0.25, 0.3) is 5.69 Å². The van der Waals surface area contributed by atoms with Gasteiger partial charge in [-0.05, 0) is 80.0 Å². The van der Waals surface area contributed by atoms with E-state index < -0.39 is 113 Å². The second-order valence-electron chi connectivity index (χ2n) is 19.7. The van der Waals surface area contributed by atoms with Gasteiger partial charge in [0, 0.05) is 62.4 Å². The quantitative estimate of drug-likeness (QED) is 0.136. The minimum Gasteiger partial charge on any atom is -0.459 e. The zero-order valence-electron chi connectivity index (χ0n) is 40.0. The topological polar surface area (TPSA) is 257 Å². The second kappa shape index (κ2) is 20.6. The van der Waals surface area contributed by atoms with E-state index in [4.69, 9.17) is 33.2 Å². The Hall–Kier alpha value is -3.54. The number of non-ortho nitro benzene ring substituents is 1. The Balaban J connectivity index is 1.30. The molecule has 66 heavy (non-hydrogen) atoms. The lowest BCUT2D eigenvalue weighted by Gasteiger charge is -2.49. The fourth-order valence-corrected chi connectivity index (χ4v) is 10.4. The van der Waals surface area contributed by atoms with E-state index in [2.05, 4.69) is 10.3 Å². The molecule has 18 atom stereocenters. The minimum absolute atomic E-state index is 0.0210. The summed E-state index contributed by atoms with van der Waals surface area (Å²) >= 11 is 0. The fraction of sp³-hybridized carbons (Fsp3) is 0.783. The average Bonchev–Trinajstić information content (AvgIpc) is 3.94. The summed E-state index contributed by atoms with van der Waals surface area (Å²) in [6.45, 7) is 15.7. The van der Waals surface area contributed by atoms with Crippen LogP contribution in [0.1, 0.15) is 93.7 Å². The highest BCUT2D eigenvalue weighted by molar-refractivity contribution is 5.84. The predicted molar refractivity (Wildman–Crippen MR) is 235 cm³/mol. The Morgan fingerprint density at radius 3 is 2.30 bits per heavy atom. The number of carbonyl (C=O) groups is 2. The van der Waals surface area contributed by atoms with E-state index in [0.29, 0.717) is 30.8 Å². The molecule has 2 aromatic rings. The number of nitrogens with zero attached hydrogens (tertiary/aromatic N) is 5. The van der Waals surface area contributed by atoms with Gasteiger partial charge in [-0.2, -0.15) is 0 Å². The molecule has 4 N–H and O–H groups in total. The molecule has 2 bridgehead atoms. The van der Waals surface area contributed by atoms with Crippen molar-refractivity contribution in [2.24, 2.45) is 23.7 Å². The van der Waals surface area contributed by atoms with E-state index in [-0.39, 0.29) is 43.4 Å². The molecule has 0 radical (unpaired) electrons. The van der Waals surface area contributed by atoms with Gasteiger partial charge in [0.2, 0.25) is 0 Å². The number of esters is 1. The van der Waals surface area contributed by atoms with E-state index in [1.165, 1.54) is 30.8 Å². The number of cyclic esters (lactones) is 1. The number of nitro groups is 1. The van der Waals surface area contributed by atoms with Crippen molar-refractivity contribution in [1.29, 1.82) is 0 Å². The second-order valence-corrected chi connectivity index (χ2v) is 19.7. The van der Waals surface area contributed by atoms with Crippen molar-refractivity contribution in [2.45, 2.75) is 179 Å². The van der Waals surface area contributed by atoms with Crippen LogP contribution < -0.4 is 0 Å². The molecule has 4 fully saturated rings. The van der Waals surface area contributed by atoms with E-state index in [1.807, 2.05) is 25.8 Å². The van der Waals surface area contributed by atoms with Crippen LogP contribution in [0.15, 0.2) is 30.5 Å². The molecule has 0 saturated carbocycles. The smallest absolute Gasteiger partial charge is 0.311 e. The number of Topliss-reactive ketones (excluding diaryl/α,β-unsaturated/α-hetero) is 1. The van der Waals surface area contributed by atoms with Gasteiger partial charge in [0.25, 0.3) is 5.69 Å². The van der Waals surface area contributed by atoms with Crippen molar-refractivity contribution in [3.8, 4) is 5.69 Å². The van der Waals surface area contributed by atoms with Gasteiger partial charge in [-0.1, -0.05) is 26.0 Å². The molecular formula is C46H71N5O15. The van der Waals surface area contributed by atoms with Crippen LogP contribution in [0.2, 0.25) is 0 Å². The number of methoxy groups -OCH3 is 1. The summed E-state index contributed by atoms with van der Waals surface area (Å²) in [7, 11) is 3.37. The normalized spacial score (nSPS) is 41.7. The van der Waals surface area contributed by atoms with Gasteiger partial charge < -0.3 is 58.5 Å². The molecule has 4 aliphatic rings. The van der Waals surface area contributed by atoms with Crippen molar-refractivity contribution >= 4 is 17.4 Å². The summed E-state index contributed by atoms with van der Waals surface area (Å²) in [5.74, 6) is -4.66. The number of ketones is 1. The maximum absolute atomic E-state index is 14.4. The molecule has 370 valence electrons. The summed E-state index contributed by atoms with van der Waals surface area (Å²) in [4.78, 5) is 41.2. The van der Waals surface area contributed by atoms with Gasteiger partial charge in [0.05, 0.1) is 76.7 Å². The van der Waals surface area contributed by atoms with Crippen molar-refractivity contribution in [3.63, 3.8) is 0 Å². The molecule has 0 aliphatic carbocycles. The lowest BCUT2D eigenvalue weighted by atomic mass is 9.75. The first-order valence-corrected chi connectivity index (χ1v) is 23.1. The monoisotopic (exact) mass is 933 g/mol. The third-order valence-electron chi connectivity index (χ3n) is 14.8. The summed E-state index contributed by atoms with van der Waals surface area (Å²) in [6, 6.07) is 5.52. The highest BCUT2D eigenvalue weighted by atomic mass is 16.7. The molecule has 20 heteroatoms. The summed E-state index contributed by atoms with van der Waals surface area (Å²) < 4.78 is 46.2. The molecular weight excluding hydrogens is 863 g/mol. The molecule has 0 spiro atoms. The van der Waals surface area contributed by atoms with E-state index in [0.717, 1.165) is 0 Å². The van der Waals surface area contributed by atoms with Crippen molar-refractivity contribution in [3.05, 3.63) is 46.3 Å². The third kappa shape index (κ3) is 10.7. The highest BCUT2D eigenvalue weighted by Crippen LogP contribution is 2.44. The van der Waals surface area contributed by atoms with Gasteiger partial charge in [0.15, 0.2) is 12.6 Å². The van der Waals surface area contributed by atoms with Crippen LogP contribution in [-0.4, -0.2) is 169 Å². The van der Waals surface area contributed by atoms with Gasteiger partial charge >= 0.3 is 5.97 Å². The number of fused-ring (bicyclic) bond motifs is 2. The number of aliphatic hydroxyl groups is 4. The average molecular weight is 934 g/mol. The molecule has 0 amide bonds. The van der Waals surface area contributed by atoms with Crippen LogP contribution in [0.3, 0.4) is 0 Å². The largest absolute Gasteiger partial charge is 0.459 e. The number of hydrogen-bond donors (Lipinski definition) is 4. The van der Waals surface area contributed by atoms with Crippen molar-refractivity contribution < 1.29 is 68.1 Å². The molecule has 1 aromatic heterocycles. The van der Waals surface area contributed by atoms with Gasteiger partial charge in [-0.15, -0.1) is 5.10 Å². The van der Waals surface area contributed by atoms with Crippen LogP contribution >= 0.6 is 0 Å². The molecule has 5 heterocycles. The Labute approximate surface area is 386 Å². The van der Waals surface area contributed by atoms with E-state index in [1.54, 1.807) is 59.9 Å². The number of hydrogen-bond acceptors (Lipinski definition) is 18. The van der Waals surface area contributed by atoms with Gasteiger partial charge in [-0.3, -0.25) is 19.7 Å². The van der Waals surface area contributed by atoms with Crippen LogP contribution in [0, 0.1) is 33.8 Å². The molecule has 6 rings (SSSR count). The molecule has 0 unspecified atom stereocenters. The number of rotatable bonds is 12. The minimum atomic E-state index is -2.00. The predicted octanol–water partition coefficient (Wildman–Crippen LogP) is 2.91. The highest BCUT2D eigenvalue weighted by Gasteiger charge is 2.56. The fourth-order valence-electron chi connectivity index (χ4n) is 10.4. The third-order valence-corrected chi connectivity index (χ3v) is 14.8. The first-order chi connectivity index (χ1) is 30.9. The number of aromatic nitrogens is 3. The van der Waals surface area contributed by atoms with Crippen LogP contribution in [0.5, 0.6) is 0 Å². The number of carbonyl (C=O) groups excluding carboxylic acids is 2. The Kier molecular flexibility index (Phi) is 16.2.